The fourth-order valence-electron chi connectivity index (χ4n) is 3.42. The van der Waals surface area contributed by atoms with Crippen LogP contribution in [0, 0.1) is 6.92 Å². The molecule has 1 amide bonds. The molecular formula is C22H16ClNO4S. The highest BCUT2D eigenvalue weighted by molar-refractivity contribution is 7.10. The summed E-state index contributed by atoms with van der Waals surface area (Å²) in [4.78, 5) is 28.0. The summed E-state index contributed by atoms with van der Waals surface area (Å²) in [5.41, 5.74) is 1.45. The van der Waals surface area contributed by atoms with Crippen LogP contribution in [0.3, 0.4) is 0 Å². The molecule has 1 aromatic heterocycles. The van der Waals surface area contributed by atoms with Gasteiger partial charge in [0.15, 0.2) is 0 Å². The van der Waals surface area contributed by atoms with Crippen LogP contribution < -0.4 is 4.90 Å². The number of thiophene rings is 1. The number of benzene rings is 2. The maximum Gasteiger partial charge on any atom is 0.300 e. The van der Waals surface area contributed by atoms with Gasteiger partial charge in [-0.15, -0.1) is 11.3 Å². The molecule has 1 atom stereocenters. The maximum atomic E-state index is 13.0. The van der Waals surface area contributed by atoms with Gasteiger partial charge < -0.3 is 10.2 Å². The second-order valence-corrected chi connectivity index (χ2v) is 8.02. The Kier molecular flexibility index (Phi) is 4.90. The highest BCUT2D eigenvalue weighted by Gasteiger charge is 2.48. The molecule has 2 heterocycles. The number of amides is 1. The Bertz CT molecular complexity index is 1150. The molecule has 0 saturated carbocycles. The number of aryl methyl sites for hydroxylation is 1. The van der Waals surface area contributed by atoms with Crippen LogP contribution in [-0.2, 0) is 9.59 Å². The molecule has 1 aliphatic heterocycles. The number of carbonyl (C=O) groups excluding carboxylic acids is 2. The van der Waals surface area contributed by atoms with E-state index in [1.54, 1.807) is 42.5 Å². The summed E-state index contributed by atoms with van der Waals surface area (Å²) in [7, 11) is 0. The first-order valence-electron chi connectivity index (χ1n) is 8.79. The minimum absolute atomic E-state index is 0.0221. The number of rotatable bonds is 3. The van der Waals surface area contributed by atoms with Crippen LogP contribution >= 0.6 is 22.9 Å². The zero-order valence-corrected chi connectivity index (χ0v) is 16.9. The minimum Gasteiger partial charge on any atom is -0.507 e. The fraction of sp³-hybridized carbons (Fsp3) is 0.0909. The summed E-state index contributed by atoms with van der Waals surface area (Å²) < 4.78 is 0. The Morgan fingerprint density at radius 3 is 2.38 bits per heavy atom. The summed E-state index contributed by atoms with van der Waals surface area (Å²) in [6, 6.07) is 13.7. The van der Waals surface area contributed by atoms with Crippen molar-refractivity contribution < 1.29 is 19.8 Å². The first kappa shape index (κ1) is 19.2. The topological polar surface area (TPSA) is 77.8 Å². The number of aromatic hydroxyl groups is 1. The summed E-state index contributed by atoms with van der Waals surface area (Å²) >= 11 is 7.31. The maximum absolute atomic E-state index is 13.0. The number of halogens is 1. The van der Waals surface area contributed by atoms with Crippen LogP contribution in [0.1, 0.15) is 22.0 Å². The van der Waals surface area contributed by atoms with Gasteiger partial charge in [-0.1, -0.05) is 23.7 Å². The van der Waals surface area contributed by atoms with Gasteiger partial charge in [-0.3, -0.25) is 14.5 Å². The Morgan fingerprint density at radius 2 is 1.76 bits per heavy atom. The number of phenolic OH excluding ortho intramolecular Hbond substituents is 1. The molecule has 4 rings (SSSR count). The number of hydrogen-bond donors (Lipinski definition) is 2. The highest BCUT2D eigenvalue weighted by Crippen LogP contribution is 2.46. The number of hydrogen-bond acceptors (Lipinski definition) is 5. The van der Waals surface area contributed by atoms with E-state index in [9.17, 15) is 19.8 Å². The highest BCUT2D eigenvalue weighted by atomic mass is 35.5. The van der Waals surface area contributed by atoms with Crippen molar-refractivity contribution in [1.29, 1.82) is 0 Å². The van der Waals surface area contributed by atoms with E-state index in [0.717, 1.165) is 10.4 Å². The normalized spacial score (nSPS) is 18.4. The Labute approximate surface area is 176 Å². The van der Waals surface area contributed by atoms with E-state index in [1.807, 2.05) is 18.4 Å². The molecule has 1 unspecified atom stereocenters. The van der Waals surface area contributed by atoms with Gasteiger partial charge in [0.2, 0.25) is 0 Å². The quantitative estimate of drug-likeness (QED) is 0.350. The van der Waals surface area contributed by atoms with E-state index in [4.69, 9.17) is 11.6 Å². The van der Waals surface area contributed by atoms with Crippen molar-refractivity contribution in [3.8, 4) is 5.75 Å². The van der Waals surface area contributed by atoms with E-state index in [-0.39, 0.29) is 22.8 Å². The molecule has 0 spiro atoms. The average Bonchev–Trinajstić information content (AvgIpc) is 3.23. The van der Waals surface area contributed by atoms with E-state index in [2.05, 4.69) is 0 Å². The third-order valence-electron chi connectivity index (χ3n) is 4.85. The van der Waals surface area contributed by atoms with Crippen molar-refractivity contribution >= 4 is 46.1 Å². The van der Waals surface area contributed by atoms with E-state index < -0.39 is 17.7 Å². The molecule has 1 saturated heterocycles. The molecule has 7 heteroatoms. The number of carbonyl (C=O) groups is 2. The smallest absolute Gasteiger partial charge is 0.300 e. The van der Waals surface area contributed by atoms with Crippen LogP contribution in [0.4, 0.5) is 5.69 Å². The van der Waals surface area contributed by atoms with E-state index >= 15 is 0 Å². The lowest BCUT2D eigenvalue weighted by Crippen LogP contribution is -2.29. The molecule has 1 fully saturated rings. The lowest BCUT2D eigenvalue weighted by Gasteiger charge is -2.25. The minimum atomic E-state index is -0.848. The third-order valence-corrected chi connectivity index (χ3v) is 6.18. The third kappa shape index (κ3) is 3.20. The number of ketones is 1. The van der Waals surface area contributed by atoms with Gasteiger partial charge in [0.1, 0.15) is 17.6 Å². The van der Waals surface area contributed by atoms with Crippen LogP contribution in [0.15, 0.2) is 65.6 Å². The Balaban J connectivity index is 1.97. The number of Topliss-reactive ketones (excluding diaryl/α,β-unsaturated/α-hetero) is 1. The van der Waals surface area contributed by atoms with Gasteiger partial charge in [-0.25, -0.2) is 0 Å². The van der Waals surface area contributed by atoms with Crippen LogP contribution in [0.5, 0.6) is 5.75 Å². The van der Waals surface area contributed by atoms with Crippen molar-refractivity contribution in [2.24, 2.45) is 0 Å². The average molecular weight is 426 g/mol. The van der Waals surface area contributed by atoms with Gasteiger partial charge in [-0.05, 0) is 60.3 Å². The monoisotopic (exact) mass is 425 g/mol. The van der Waals surface area contributed by atoms with Gasteiger partial charge in [0.05, 0.1) is 11.3 Å². The predicted molar refractivity (Wildman–Crippen MR) is 113 cm³/mol. The second-order valence-electron chi connectivity index (χ2n) is 6.63. The predicted octanol–water partition coefficient (Wildman–Crippen LogP) is 5.04. The number of phenols is 1. The number of nitrogens with zero attached hydrogens (tertiary/aromatic N) is 1. The van der Waals surface area contributed by atoms with Crippen molar-refractivity contribution in [1.82, 2.24) is 0 Å². The largest absolute Gasteiger partial charge is 0.507 e. The zero-order valence-electron chi connectivity index (χ0n) is 15.3. The summed E-state index contributed by atoms with van der Waals surface area (Å²) in [6.07, 6.45) is 0. The molecule has 0 aliphatic carbocycles. The summed E-state index contributed by atoms with van der Waals surface area (Å²) in [5.74, 6) is -2.02. The van der Waals surface area contributed by atoms with Crippen molar-refractivity contribution in [3.63, 3.8) is 0 Å². The molecule has 0 radical (unpaired) electrons. The van der Waals surface area contributed by atoms with Crippen LogP contribution in [0.2, 0.25) is 5.02 Å². The van der Waals surface area contributed by atoms with Crippen molar-refractivity contribution in [2.45, 2.75) is 13.0 Å². The van der Waals surface area contributed by atoms with Crippen LogP contribution in [-0.4, -0.2) is 21.9 Å². The number of aliphatic hydroxyl groups excluding tert-OH is 1. The van der Waals surface area contributed by atoms with E-state index in [1.165, 1.54) is 22.3 Å². The van der Waals surface area contributed by atoms with Gasteiger partial charge >= 0.3 is 0 Å². The molecule has 0 bridgehead atoms. The first-order chi connectivity index (χ1) is 13.9. The first-order valence-corrected chi connectivity index (χ1v) is 10.0. The van der Waals surface area contributed by atoms with Crippen molar-refractivity contribution in [3.05, 3.63) is 86.6 Å². The number of para-hydroxylation sites is 2. The second kappa shape index (κ2) is 7.39. The molecule has 3 aromatic rings. The Morgan fingerprint density at radius 1 is 1.07 bits per heavy atom. The standard InChI is InChI=1S/C22H16ClNO4S/c1-12-10-11-29-21(12)18-17(19(26)13-6-8-14(23)9-7-13)20(27)22(28)24(18)15-4-2-3-5-16(15)25/h2-11,18,25-26H,1H3/b19-17-. The lowest BCUT2D eigenvalue weighted by molar-refractivity contribution is -0.132. The molecule has 146 valence electrons. The molecular weight excluding hydrogens is 410 g/mol. The number of aliphatic hydroxyl groups is 1. The van der Waals surface area contributed by atoms with E-state index in [0.29, 0.717) is 10.6 Å². The summed E-state index contributed by atoms with van der Waals surface area (Å²) in [5, 5.41) is 23.7. The van der Waals surface area contributed by atoms with Gasteiger partial charge in [0, 0.05) is 15.5 Å². The Hall–Kier alpha value is -3.09. The molecule has 2 N–H and O–H groups in total. The number of anilines is 1. The van der Waals surface area contributed by atoms with Crippen molar-refractivity contribution in [2.75, 3.05) is 4.90 Å². The van der Waals surface area contributed by atoms with Gasteiger partial charge in [0.25, 0.3) is 11.7 Å². The fourth-order valence-corrected chi connectivity index (χ4v) is 4.58. The molecule has 1 aliphatic rings. The SMILES string of the molecule is Cc1ccsc1C1/C(=C(/O)c2ccc(Cl)cc2)C(=O)C(=O)N1c1ccccc1O. The summed E-state index contributed by atoms with van der Waals surface area (Å²) in [6.45, 7) is 1.87. The molecule has 2 aromatic carbocycles. The molecule has 5 nitrogen and oxygen atoms in total. The van der Waals surface area contributed by atoms with Crippen LogP contribution in [0.25, 0.3) is 5.76 Å². The zero-order chi connectivity index (χ0) is 20.7. The van der Waals surface area contributed by atoms with Gasteiger partial charge in [-0.2, -0.15) is 0 Å². The molecule has 29 heavy (non-hydrogen) atoms. The lowest BCUT2D eigenvalue weighted by atomic mass is 9.98.